The highest BCUT2D eigenvalue weighted by molar-refractivity contribution is 6.06. The van der Waals surface area contributed by atoms with Crippen molar-refractivity contribution in [1.29, 1.82) is 0 Å². The lowest BCUT2D eigenvalue weighted by molar-refractivity contribution is 0.251. The molecular formula is C24H30FN9O2. The average molecular weight is 496 g/mol. The molecular weight excluding hydrogens is 465 g/mol. The third-order valence-electron chi connectivity index (χ3n) is 5.90. The molecule has 0 radical (unpaired) electrons. The van der Waals surface area contributed by atoms with Crippen LogP contribution < -0.4 is 25.8 Å². The summed E-state index contributed by atoms with van der Waals surface area (Å²) in [6, 6.07) is 1.74. The van der Waals surface area contributed by atoms with Gasteiger partial charge < -0.3 is 15.2 Å². The molecule has 0 saturated heterocycles. The second-order valence-electron chi connectivity index (χ2n) is 9.63. The standard InChI is InChI=1S/C24H30FN9O2/c1-13-8-16(25)17(29-22(35)30-19-12-34(14(2)28-19)24(3,4)5)9-18(13)33-11-15-10-27-21(26-6)31-20(15)32(7)23(33)36/h8-10,12H,11H2,1-7H3,(H,26,27,31)(H2,29,30,35). The van der Waals surface area contributed by atoms with Crippen LogP contribution >= 0.6 is 0 Å². The van der Waals surface area contributed by atoms with Crippen molar-refractivity contribution in [2.45, 2.75) is 46.7 Å². The highest BCUT2D eigenvalue weighted by atomic mass is 19.1. The Labute approximate surface area is 208 Å². The van der Waals surface area contributed by atoms with Crippen LogP contribution in [-0.4, -0.2) is 45.7 Å². The van der Waals surface area contributed by atoms with E-state index in [0.717, 1.165) is 11.4 Å². The van der Waals surface area contributed by atoms with E-state index in [-0.39, 0.29) is 23.8 Å². The minimum absolute atomic E-state index is 0.0666. The fourth-order valence-corrected chi connectivity index (χ4v) is 4.15. The first kappa shape index (κ1) is 24.9. The molecule has 0 aliphatic carbocycles. The van der Waals surface area contributed by atoms with Gasteiger partial charge in [-0.2, -0.15) is 4.98 Å². The topological polar surface area (TPSA) is 120 Å². The molecule has 3 heterocycles. The second-order valence-corrected chi connectivity index (χ2v) is 9.63. The lowest BCUT2D eigenvalue weighted by Crippen LogP contribution is -2.46. The van der Waals surface area contributed by atoms with E-state index in [9.17, 15) is 14.0 Å². The van der Waals surface area contributed by atoms with Crippen LogP contribution in [0, 0.1) is 19.7 Å². The van der Waals surface area contributed by atoms with Gasteiger partial charge in [0.1, 0.15) is 17.5 Å². The van der Waals surface area contributed by atoms with Crippen molar-refractivity contribution < 1.29 is 14.0 Å². The molecule has 36 heavy (non-hydrogen) atoms. The number of amides is 4. The molecule has 1 aromatic carbocycles. The van der Waals surface area contributed by atoms with E-state index in [4.69, 9.17) is 0 Å². The first-order valence-corrected chi connectivity index (χ1v) is 11.4. The molecule has 0 atom stereocenters. The van der Waals surface area contributed by atoms with Gasteiger partial charge in [-0.1, -0.05) is 0 Å². The molecule has 11 nitrogen and oxygen atoms in total. The van der Waals surface area contributed by atoms with E-state index in [1.165, 1.54) is 21.9 Å². The van der Waals surface area contributed by atoms with Gasteiger partial charge in [0.2, 0.25) is 5.95 Å². The van der Waals surface area contributed by atoms with Gasteiger partial charge in [0.05, 0.1) is 17.9 Å². The van der Waals surface area contributed by atoms with E-state index in [1.54, 1.807) is 33.4 Å². The number of nitrogens with zero attached hydrogens (tertiary/aromatic N) is 6. The van der Waals surface area contributed by atoms with Gasteiger partial charge in [-0.15, -0.1) is 0 Å². The van der Waals surface area contributed by atoms with Gasteiger partial charge >= 0.3 is 12.1 Å². The normalized spacial score (nSPS) is 13.5. The maximum atomic E-state index is 14.8. The molecule has 4 rings (SSSR count). The third-order valence-corrected chi connectivity index (χ3v) is 5.90. The van der Waals surface area contributed by atoms with Crippen LogP contribution in [0.25, 0.3) is 0 Å². The summed E-state index contributed by atoms with van der Waals surface area (Å²) in [5, 5.41) is 8.04. The highest BCUT2D eigenvalue weighted by Gasteiger charge is 2.32. The molecule has 1 aliphatic heterocycles. The smallest absolute Gasteiger partial charge is 0.330 e. The number of halogens is 1. The van der Waals surface area contributed by atoms with Crippen LogP contribution in [0.15, 0.2) is 24.5 Å². The first-order valence-electron chi connectivity index (χ1n) is 11.4. The average Bonchev–Trinajstić information content (AvgIpc) is 3.18. The number of rotatable bonds is 4. The van der Waals surface area contributed by atoms with Crippen LogP contribution in [0.4, 0.5) is 42.9 Å². The molecule has 0 spiro atoms. The van der Waals surface area contributed by atoms with Crippen molar-refractivity contribution in [3.8, 4) is 0 Å². The molecule has 0 saturated carbocycles. The van der Waals surface area contributed by atoms with Gasteiger partial charge in [0.25, 0.3) is 0 Å². The Morgan fingerprint density at radius 1 is 1.14 bits per heavy atom. The first-order chi connectivity index (χ1) is 16.9. The number of imidazole rings is 1. The van der Waals surface area contributed by atoms with Crippen LogP contribution in [0.5, 0.6) is 0 Å². The van der Waals surface area contributed by atoms with Crippen molar-refractivity contribution in [1.82, 2.24) is 19.5 Å². The van der Waals surface area contributed by atoms with Crippen molar-refractivity contribution >= 4 is 41.0 Å². The fraction of sp³-hybridized carbons (Fsp3) is 0.375. The molecule has 0 unspecified atom stereocenters. The minimum Gasteiger partial charge on any atom is -0.357 e. The summed E-state index contributed by atoms with van der Waals surface area (Å²) >= 11 is 0. The Morgan fingerprint density at radius 2 is 1.86 bits per heavy atom. The molecule has 3 N–H and O–H groups in total. The Kier molecular flexibility index (Phi) is 6.29. The number of fused-ring (bicyclic) bond motifs is 1. The summed E-state index contributed by atoms with van der Waals surface area (Å²) in [4.78, 5) is 41.7. The van der Waals surface area contributed by atoms with Crippen molar-refractivity contribution in [2.75, 3.05) is 39.8 Å². The number of hydrogen-bond donors (Lipinski definition) is 3. The summed E-state index contributed by atoms with van der Waals surface area (Å²) in [5.74, 6) is 1.36. The number of hydrogen-bond acceptors (Lipinski definition) is 6. The number of benzene rings is 1. The summed E-state index contributed by atoms with van der Waals surface area (Å²) in [7, 11) is 3.31. The van der Waals surface area contributed by atoms with Gasteiger partial charge in [-0.25, -0.2) is 23.9 Å². The van der Waals surface area contributed by atoms with Crippen LogP contribution in [0.2, 0.25) is 0 Å². The van der Waals surface area contributed by atoms with Gasteiger partial charge in [-0.3, -0.25) is 15.1 Å². The van der Waals surface area contributed by atoms with Gasteiger partial charge in [-0.05, 0) is 52.3 Å². The summed E-state index contributed by atoms with van der Waals surface area (Å²) in [6.45, 7) is 9.82. The predicted octanol–water partition coefficient (Wildman–Crippen LogP) is 4.45. The largest absolute Gasteiger partial charge is 0.357 e. The minimum atomic E-state index is -0.650. The zero-order valence-electron chi connectivity index (χ0n) is 21.4. The van der Waals surface area contributed by atoms with E-state index >= 15 is 0 Å². The monoisotopic (exact) mass is 495 g/mol. The zero-order chi connectivity index (χ0) is 26.4. The second kappa shape index (κ2) is 9.10. The van der Waals surface area contributed by atoms with Crippen LogP contribution in [-0.2, 0) is 12.1 Å². The number of anilines is 5. The molecule has 1 aliphatic rings. The highest BCUT2D eigenvalue weighted by Crippen LogP contribution is 2.34. The van der Waals surface area contributed by atoms with Crippen molar-refractivity contribution in [3.63, 3.8) is 0 Å². The van der Waals surface area contributed by atoms with E-state index < -0.39 is 11.8 Å². The number of carbonyl (C=O) groups is 2. The SMILES string of the molecule is CNc1ncc2c(n1)N(C)C(=O)N(c1cc(NC(=O)Nc3cn(C(C)(C)C)c(C)n3)c(F)cc1C)C2. The number of aryl methyl sites for hydroxylation is 2. The Morgan fingerprint density at radius 3 is 2.50 bits per heavy atom. The molecule has 12 heteroatoms. The lowest BCUT2D eigenvalue weighted by atomic mass is 10.1. The quantitative estimate of drug-likeness (QED) is 0.492. The zero-order valence-corrected chi connectivity index (χ0v) is 21.4. The fourth-order valence-electron chi connectivity index (χ4n) is 4.15. The number of aromatic nitrogens is 4. The molecule has 0 fully saturated rings. The van der Waals surface area contributed by atoms with Crippen molar-refractivity contribution in [2.24, 2.45) is 0 Å². The number of urea groups is 2. The van der Waals surface area contributed by atoms with E-state index in [2.05, 4.69) is 30.9 Å². The maximum Gasteiger partial charge on any atom is 0.330 e. The van der Waals surface area contributed by atoms with Crippen molar-refractivity contribution in [3.05, 3.63) is 47.3 Å². The summed E-state index contributed by atoms with van der Waals surface area (Å²) in [5.41, 5.74) is 1.45. The molecule has 190 valence electrons. The third kappa shape index (κ3) is 4.66. The molecule has 3 aromatic rings. The van der Waals surface area contributed by atoms with E-state index in [0.29, 0.717) is 28.8 Å². The van der Waals surface area contributed by atoms with Gasteiger partial charge in [0.15, 0.2) is 5.82 Å². The number of carbonyl (C=O) groups excluding carboxylic acids is 2. The molecule has 4 amide bonds. The molecule has 0 bridgehead atoms. The van der Waals surface area contributed by atoms with Gasteiger partial charge in [0, 0.05) is 37.6 Å². The van der Waals surface area contributed by atoms with E-state index in [1.807, 2.05) is 32.3 Å². The Balaban J connectivity index is 1.58. The lowest BCUT2D eigenvalue weighted by Gasteiger charge is -2.35. The maximum absolute atomic E-state index is 14.8. The van der Waals surface area contributed by atoms with Crippen LogP contribution in [0.1, 0.15) is 37.7 Å². The Bertz CT molecular complexity index is 1350. The molecule has 2 aromatic heterocycles. The van der Waals surface area contributed by atoms with Crippen LogP contribution in [0.3, 0.4) is 0 Å². The summed E-state index contributed by atoms with van der Waals surface area (Å²) in [6.07, 6.45) is 3.38. The Hall–Kier alpha value is -4.22. The predicted molar refractivity (Wildman–Crippen MR) is 137 cm³/mol. The number of nitrogens with one attached hydrogen (secondary N) is 3. The summed E-state index contributed by atoms with van der Waals surface area (Å²) < 4.78 is 16.8.